The number of nitrogens with zero attached hydrogens (tertiary/aromatic N) is 1. The van der Waals surface area contributed by atoms with Crippen LogP contribution in [0.1, 0.15) is 25.7 Å². The molecule has 2 aliphatic rings. The van der Waals surface area contributed by atoms with E-state index in [1.165, 1.54) is 12.8 Å². The molecule has 86 valence electrons. The van der Waals surface area contributed by atoms with Crippen molar-refractivity contribution in [3.63, 3.8) is 0 Å². The van der Waals surface area contributed by atoms with Crippen molar-refractivity contribution in [3.8, 4) is 0 Å². The number of rotatable bonds is 3. The molecule has 0 aliphatic carbocycles. The summed E-state index contributed by atoms with van der Waals surface area (Å²) in [5.74, 6) is 1.14. The molecule has 0 aromatic heterocycles. The molecule has 0 bridgehead atoms. The zero-order valence-corrected chi connectivity index (χ0v) is 9.42. The normalized spacial score (nSPS) is 31.4. The first kappa shape index (κ1) is 10.9. The fourth-order valence-corrected chi connectivity index (χ4v) is 2.07. The maximum Gasteiger partial charge on any atom is 0.110 e. The predicted octanol–water partition coefficient (Wildman–Crippen LogP) is 0.964. The Morgan fingerprint density at radius 3 is 3.07 bits per heavy atom. The molecular weight excluding hydrogens is 192 g/mol. The number of hydrogen-bond acceptors (Lipinski definition) is 4. The van der Waals surface area contributed by atoms with E-state index in [4.69, 9.17) is 9.47 Å². The molecule has 1 atom stereocenters. The number of hydrogen-bond donors (Lipinski definition) is 1. The highest BCUT2D eigenvalue weighted by Gasteiger charge is 2.34. The minimum Gasteiger partial charge on any atom is -0.378 e. The van der Waals surface area contributed by atoms with Gasteiger partial charge in [0.25, 0.3) is 0 Å². The highest BCUT2D eigenvalue weighted by Crippen LogP contribution is 2.21. The summed E-state index contributed by atoms with van der Waals surface area (Å²) in [4.78, 5) is 4.46. The van der Waals surface area contributed by atoms with Crippen LogP contribution in [0.15, 0.2) is 4.99 Å². The lowest BCUT2D eigenvalue weighted by Crippen LogP contribution is -2.45. The molecule has 4 nitrogen and oxygen atoms in total. The Kier molecular flexibility index (Phi) is 3.59. The monoisotopic (exact) mass is 212 g/mol. The van der Waals surface area contributed by atoms with Crippen molar-refractivity contribution in [2.24, 2.45) is 4.99 Å². The van der Waals surface area contributed by atoms with Gasteiger partial charge < -0.3 is 14.8 Å². The molecule has 1 fully saturated rings. The van der Waals surface area contributed by atoms with E-state index < -0.39 is 0 Å². The van der Waals surface area contributed by atoms with Crippen LogP contribution in [0.2, 0.25) is 0 Å². The van der Waals surface area contributed by atoms with Crippen LogP contribution < -0.4 is 5.32 Å². The molecule has 0 aromatic rings. The van der Waals surface area contributed by atoms with E-state index in [1.54, 1.807) is 7.11 Å². The lowest BCUT2D eigenvalue weighted by Gasteiger charge is -2.27. The minimum absolute atomic E-state index is 0.125. The van der Waals surface area contributed by atoms with Crippen LogP contribution >= 0.6 is 0 Å². The smallest absolute Gasteiger partial charge is 0.110 e. The number of methoxy groups -OCH3 is 1. The highest BCUT2D eigenvalue weighted by molar-refractivity contribution is 5.82. The van der Waals surface area contributed by atoms with Crippen molar-refractivity contribution in [2.75, 3.05) is 33.4 Å². The molecule has 2 aliphatic heterocycles. The lowest BCUT2D eigenvalue weighted by molar-refractivity contribution is -0.0127. The van der Waals surface area contributed by atoms with Crippen molar-refractivity contribution in [2.45, 2.75) is 31.3 Å². The maximum atomic E-state index is 5.55. The first-order valence-corrected chi connectivity index (χ1v) is 5.75. The second-order valence-corrected chi connectivity index (χ2v) is 4.33. The highest BCUT2D eigenvalue weighted by atomic mass is 16.5. The van der Waals surface area contributed by atoms with E-state index in [-0.39, 0.29) is 5.60 Å². The van der Waals surface area contributed by atoms with E-state index >= 15 is 0 Å². The van der Waals surface area contributed by atoms with Gasteiger partial charge in [-0.3, -0.25) is 4.99 Å². The van der Waals surface area contributed by atoms with Crippen LogP contribution in [-0.4, -0.2) is 44.8 Å². The quantitative estimate of drug-likeness (QED) is 0.758. The second-order valence-electron chi connectivity index (χ2n) is 4.33. The SMILES string of the molecule is COC1(CNC2=NCCCC2)CCOC1. The van der Waals surface area contributed by atoms with Gasteiger partial charge in [-0.1, -0.05) is 0 Å². The molecule has 2 rings (SSSR count). The third kappa shape index (κ3) is 2.69. The number of ether oxygens (including phenoxy) is 2. The molecule has 0 aromatic carbocycles. The summed E-state index contributed by atoms with van der Waals surface area (Å²) in [5, 5.41) is 3.40. The van der Waals surface area contributed by atoms with Crippen molar-refractivity contribution in [1.29, 1.82) is 0 Å². The molecule has 1 unspecified atom stereocenters. The molecule has 2 heterocycles. The molecule has 0 spiro atoms. The Morgan fingerprint density at radius 2 is 2.47 bits per heavy atom. The standard InChI is InChI=1S/C11H20N2O2/c1-14-11(5-7-15-9-11)8-13-10-4-2-3-6-12-10/h2-9H2,1H3,(H,12,13). The number of aliphatic imine (C=N–C) groups is 1. The van der Waals surface area contributed by atoms with Crippen molar-refractivity contribution in [3.05, 3.63) is 0 Å². The van der Waals surface area contributed by atoms with Crippen LogP contribution in [0.3, 0.4) is 0 Å². The molecule has 15 heavy (non-hydrogen) atoms. The van der Waals surface area contributed by atoms with Crippen LogP contribution in [0.25, 0.3) is 0 Å². The fourth-order valence-electron chi connectivity index (χ4n) is 2.07. The van der Waals surface area contributed by atoms with E-state index in [9.17, 15) is 0 Å². The summed E-state index contributed by atoms with van der Waals surface area (Å²) in [6.07, 6.45) is 4.54. The van der Waals surface area contributed by atoms with Gasteiger partial charge in [0, 0.05) is 39.6 Å². The summed E-state index contributed by atoms with van der Waals surface area (Å²) in [7, 11) is 1.76. The second kappa shape index (κ2) is 4.94. The van der Waals surface area contributed by atoms with E-state index in [1.807, 2.05) is 0 Å². The first-order chi connectivity index (χ1) is 7.35. The van der Waals surface area contributed by atoms with Gasteiger partial charge in [-0.15, -0.1) is 0 Å². The van der Waals surface area contributed by atoms with E-state index in [2.05, 4.69) is 10.3 Å². The summed E-state index contributed by atoms with van der Waals surface area (Å²) in [6, 6.07) is 0. The Labute approximate surface area is 91.0 Å². The zero-order valence-electron chi connectivity index (χ0n) is 9.42. The molecule has 4 heteroatoms. The topological polar surface area (TPSA) is 42.8 Å². The molecule has 0 saturated carbocycles. The van der Waals surface area contributed by atoms with Crippen molar-refractivity contribution >= 4 is 5.84 Å². The summed E-state index contributed by atoms with van der Waals surface area (Å²) < 4.78 is 10.9. The van der Waals surface area contributed by atoms with Gasteiger partial charge in [-0.25, -0.2) is 0 Å². The molecule has 1 saturated heterocycles. The molecule has 1 N–H and O–H groups in total. The van der Waals surface area contributed by atoms with Gasteiger partial charge in [0.05, 0.1) is 12.4 Å². The first-order valence-electron chi connectivity index (χ1n) is 5.75. The van der Waals surface area contributed by atoms with Crippen LogP contribution in [-0.2, 0) is 9.47 Å². The third-order valence-corrected chi connectivity index (χ3v) is 3.24. The summed E-state index contributed by atoms with van der Waals surface area (Å²) in [5.41, 5.74) is -0.125. The van der Waals surface area contributed by atoms with Gasteiger partial charge in [0.1, 0.15) is 5.60 Å². The van der Waals surface area contributed by atoms with Crippen LogP contribution in [0.4, 0.5) is 0 Å². The maximum absolute atomic E-state index is 5.55. The molecule has 0 radical (unpaired) electrons. The fraction of sp³-hybridized carbons (Fsp3) is 0.909. The van der Waals surface area contributed by atoms with Gasteiger partial charge in [-0.05, 0) is 12.8 Å². The van der Waals surface area contributed by atoms with Gasteiger partial charge in [-0.2, -0.15) is 0 Å². The van der Waals surface area contributed by atoms with E-state index in [0.717, 1.165) is 38.4 Å². The van der Waals surface area contributed by atoms with Crippen molar-refractivity contribution in [1.82, 2.24) is 5.32 Å². The van der Waals surface area contributed by atoms with Crippen LogP contribution in [0.5, 0.6) is 0 Å². The van der Waals surface area contributed by atoms with Crippen molar-refractivity contribution < 1.29 is 9.47 Å². The number of nitrogens with one attached hydrogen (secondary N) is 1. The molecular formula is C11H20N2O2. The van der Waals surface area contributed by atoms with Crippen LogP contribution in [0, 0.1) is 0 Å². The third-order valence-electron chi connectivity index (χ3n) is 3.24. The summed E-state index contributed by atoms with van der Waals surface area (Å²) in [6.45, 7) is 3.30. The Hall–Kier alpha value is -0.610. The van der Waals surface area contributed by atoms with E-state index in [0.29, 0.717) is 6.61 Å². The largest absolute Gasteiger partial charge is 0.378 e. The predicted molar refractivity (Wildman–Crippen MR) is 59.3 cm³/mol. The van der Waals surface area contributed by atoms with Gasteiger partial charge in [0.2, 0.25) is 0 Å². The van der Waals surface area contributed by atoms with Gasteiger partial charge in [0.15, 0.2) is 0 Å². The molecule has 0 amide bonds. The average Bonchev–Trinajstić information content (AvgIpc) is 2.77. The zero-order chi connectivity index (χ0) is 10.6. The Bertz CT molecular complexity index is 235. The minimum atomic E-state index is -0.125. The van der Waals surface area contributed by atoms with Gasteiger partial charge >= 0.3 is 0 Å². The number of amidine groups is 1. The Morgan fingerprint density at radius 1 is 1.53 bits per heavy atom. The average molecular weight is 212 g/mol. The summed E-state index contributed by atoms with van der Waals surface area (Å²) >= 11 is 0. The Balaban J connectivity index is 1.82. The lowest BCUT2D eigenvalue weighted by atomic mass is 10.0.